The average molecular weight is 338 g/mol. The van der Waals surface area contributed by atoms with Gasteiger partial charge in [-0.2, -0.15) is 0 Å². The maximum atomic E-state index is 4.83. The van der Waals surface area contributed by atoms with Gasteiger partial charge in [0, 0.05) is 31.0 Å². The number of nitrogens with one attached hydrogen (secondary N) is 2. The molecule has 1 aliphatic heterocycles. The average Bonchev–Trinajstić information content (AvgIpc) is 3.19. The fourth-order valence-electron chi connectivity index (χ4n) is 3.30. The summed E-state index contributed by atoms with van der Waals surface area (Å²) in [7, 11) is 0. The molecule has 25 heavy (non-hydrogen) atoms. The molecule has 4 rings (SSSR count). The number of nitrogens with zero attached hydrogens (tertiary/aromatic N) is 6. The van der Waals surface area contributed by atoms with Crippen molar-refractivity contribution in [2.45, 2.75) is 45.8 Å². The highest BCUT2D eigenvalue weighted by molar-refractivity contribution is 5.86. The number of hydrogen-bond acceptors (Lipinski definition) is 7. The van der Waals surface area contributed by atoms with Crippen LogP contribution in [0.2, 0.25) is 0 Å². The summed E-state index contributed by atoms with van der Waals surface area (Å²) in [5.74, 6) is 2.35. The predicted octanol–water partition coefficient (Wildman–Crippen LogP) is 1.77. The fourth-order valence-corrected chi connectivity index (χ4v) is 3.30. The number of rotatable bonds is 4. The van der Waals surface area contributed by atoms with Gasteiger partial charge in [0.25, 0.3) is 0 Å². The zero-order valence-electron chi connectivity index (χ0n) is 14.7. The Labute approximate surface area is 146 Å². The number of aromatic nitrogens is 6. The molecule has 0 unspecified atom stereocenters. The molecule has 2 atom stereocenters. The van der Waals surface area contributed by atoms with Crippen molar-refractivity contribution in [3.8, 4) is 11.4 Å². The lowest BCUT2D eigenvalue weighted by molar-refractivity contribution is 0.613. The largest absolute Gasteiger partial charge is 0.364 e. The third-order valence-electron chi connectivity index (χ3n) is 4.73. The molecule has 0 spiro atoms. The standard InChI is InChI=1S/C17H22N8/c1-4-25-16(12-7-19-11(3)20-8-12)24-14-15(21-9-22-17(14)25)23-13-5-6-18-10(13)2/h7-10,13,18H,4-6H2,1-3H3,(H,21,22,23)/t10-,13+/m1/s1. The second kappa shape index (κ2) is 6.36. The lowest BCUT2D eigenvalue weighted by Gasteiger charge is -2.17. The molecule has 0 bridgehead atoms. The normalized spacial score (nSPS) is 20.3. The van der Waals surface area contributed by atoms with Crippen LogP contribution in [0.3, 0.4) is 0 Å². The molecule has 0 radical (unpaired) electrons. The van der Waals surface area contributed by atoms with Gasteiger partial charge in [-0.3, -0.25) is 0 Å². The predicted molar refractivity (Wildman–Crippen MR) is 96.3 cm³/mol. The molecule has 1 aliphatic rings. The van der Waals surface area contributed by atoms with Crippen LogP contribution in [0.15, 0.2) is 18.7 Å². The molecule has 0 amide bonds. The Morgan fingerprint density at radius 3 is 2.72 bits per heavy atom. The van der Waals surface area contributed by atoms with E-state index in [4.69, 9.17) is 4.98 Å². The fraction of sp³-hybridized carbons (Fsp3) is 0.471. The summed E-state index contributed by atoms with van der Waals surface area (Å²) in [5.41, 5.74) is 2.50. The zero-order valence-corrected chi connectivity index (χ0v) is 14.7. The van der Waals surface area contributed by atoms with Crippen molar-refractivity contribution in [3.63, 3.8) is 0 Å². The third kappa shape index (κ3) is 2.82. The maximum absolute atomic E-state index is 4.83. The number of anilines is 1. The molecule has 0 saturated carbocycles. The first kappa shape index (κ1) is 15.9. The monoisotopic (exact) mass is 338 g/mol. The Hall–Kier alpha value is -2.61. The minimum atomic E-state index is 0.344. The Morgan fingerprint density at radius 2 is 2.04 bits per heavy atom. The van der Waals surface area contributed by atoms with E-state index >= 15 is 0 Å². The third-order valence-corrected chi connectivity index (χ3v) is 4.73. The molecule has 0 aliphatic carbocycles. The van der Waals surface area contributed by atoms with E-state index in [0.29, 0.717) is 12.1 Å². The molecule has 1 saturated heterocycles. The van der Waals surface area contributed by atoms with Crippen molar-refractivity contribution in [1.29, 1.82) is 0 Å². The van der Waals surface area contributed by atoms with Crippen LogP contribution in [0.25, 0.3) is 22.6 Å². The van der Waals surface area contributed by atoms with Crippen LogP contribution in [-0.2, 0) is 6.54 Å². The molecule has 3 aromatic heterocycles. The zero-order chi connectivity index (χ0) is 17.4. The van der Waals surface area contributed by atoms with Crippen molar-refractivity contribution in [2.75, 3.05) is 11.9 Å². The second-order valence-corrected chi connectivity index (χ2v) is 6.38. The van der Waals surface area contributed by atoms with Crippen LogP contribution < -0.4 is 10.6 Å². The van der Waals surface area contributed by atoms with Gasteiger partial charge in [0.2, 0.25) is 0 Å². The van der Waals surface area contributed by atoms with Gasteiger partial charge >= 0.3 is 0 Å². The van der Waals surface area contributed by atoms with Gasteiger partial charge in [0.15, 0.2) is 17.0 Å². The maximum Gasteiger partial charge on any atom is 0.165 e. The Bertz CT molecular complexity index is 886. The van der Waals surface area contributed by atoms with E-state index in [-0.39, 0.29) is 0 Å². The molecule has 8 heteroatoms. The lowest BCUT2D eigenvalue weighted by atomic mass is 10.1. The van der Waals surface area contributed by atoms with Gasteiger partial charge in [0.05, 0.1) is 5.56 Å². The first-order valence-electron chi connectivity index (χ1n) is 8.67. The van der Waals surface area contributed by atoms with Crippen LogP contribution in [-0.4, -0.2) is 48.1 Å². The molecular weight excluding hydrogens is 316 g/mol. The topological polar surface area (TPSA) is 93.4 Å². The molecular formula is C17H22N8. The van der Waals surface area contributed by atoms with Crippen molar-refractivity contribution in [1.82, 2.24) is 34.8 Å². The van der Waals surface area contributed by atoms with Crippen LogP contribution in [0.1, 0.15) is 26.1 Å². The van der Waals surface area contributed by atoms with Gasteiger partial charge in [-0.1, -0.05) is 0 Å². The lowest BCUT2D eigenvalue weighted by Crippen LogP contribution is -2.32. The molecule has 2 N–H and O–H groups in total. The van der Waals surface area contributed by atoms with E-state index in [2.05, 4.69) is 49.0 Å². The SMILES string of the molecule is CCn1c(-c2cnc(C)nc2)nc2c(N[C@H]3CCN[C@@H]3C)ncnc21. The second-order valence-electron chi connectivity index (χ2n) is 6.38. The number of fused-ring (bicyclic) bond motifs is 1. The molecule has 4 heterocycles. The van der Waals surface area contributed by atoms with Gasteiger partial charge < -0.3 is 15.2 Å². The Morgan fingerprint density at radius 1 is 1.24 bits per heavy atom. The smallest absolute Gasteiger partial charge is 0.165 e. The number of imidazole rings is 1. The van der Waals surface area contributed by atoms with Crippen molar-refractivity contribution in [2.24, 2.45) is 0 Å². The Kier molecular flexibility index (Phi) is 4.04. The molecule has 0 aromatic carbocycles. The highest BCUT2D eigenvalue weighted by atomic mass is 15.2. The van der Waals surface area contributed by atoms with Crippen LogP contribution >= 0.6 is 0 Å². The summed E-state index contributed by atoms with van der Waals surface area (Å²) in [6.07, 6.45) is 6.28. The van der Waals surface area contributed by atoms with Gasteiger partial charge in [-0.15, -0.1) is 0 Å². The first-order valence-corrected chi connectivity index (χ1v) is 8.67. The molecule has 1 fully saturated rings. The summed E-state index contributed by atoms with van der Waals surface area (Å²) in [6.45, 7) is 7.91. The van der Waals surface area contributed by atoms with E-state index in [9.17, 15) is 0 Å². The summed E-state index contributed by atoms with van der Waals surface area (Å²) in [6, 6.07) is 0.749. The van der Waals surface area contributed by atoms with E-state index in [1.165, 1.54) is 0 Å². The summed E-state index contributed by atoms with van der Waals surface area (Å²) < 4.78 is 2.08. The summed E-state index contributed by atoms with van der Waals surface area (Å²) >= 11 is 0. The summed E-state index contributed by atoms with van der Waals surface area (Å²) in [4.78, 5) is 22.3. The van der Waals surface area contributed by atoms with Crippen LogP contribution in [0.5, 0.6) is 0 Å². The van der Waals surface area contributed by atoms with Crippen molar-refractivity contribution >= 4 is 17.0 Å². The Balaban J connectivity index is 1.80. The van der Waals surface area contributed by atoms with E-state index in [0.717, 1.165) is 53.7 Å². The van der Waals surface area contributed by atoms with Crippen molar-refractivity contribution < 1.29 is 0 Å². The number of hydrogen-bond donors (Lipinski definition) is 2. The van der Waals surface area contributed by atoms with E-state index in [1.54, 1.807) is 18.7 Å². The summed E-state index contributed by atoms with van der Waals surface area (Å²) in [5, 5.41) is 6.99. The van der Waals surface area contributed by atoms with E-state index in [1.807, 2.05) is 6.92 Å². The molecule has 8 nitrogen and oxygen atoms in total. The molecule has 130 valence electrons. The van der Waals surface area contributed by atoms with Crippen LogP contribution in [0, 0.1) is 6.92 Å². The van der Waals surface area contributed by atoms with Crippen molar-refractivity contribution in [3.05, 3.63) is 24.5 Å². The molecule has 3 aromatic rings. The quantitative estimate of drug-likeness (QED) is 0.749. The minimum absolute atomic E-state index is 0.344. The minimum Gasteiger partial charge on any atom is -0.364 e. The van der Waals surface area contributed by atoms with Gasteiger partial charge in [-0.05, 0) is 33.7 Å². The highest BCUT2D eigenvalue weighted by Crippen LogP contribution is 2.27. The van der Waals surface area contributed by atoms with Gasteiger partial charge in [-0.25, -0.2) is 24.9 Å². The van der Waals surface area contributed by atoms with Crippen LogP contribution in [0.4, 0.5) is 5.82 Å². The van der Waals surface area contributed by atoms with Gasteiger partial charge in [0.1, 0.15) is 18.0 Å². The van der Waals surface area contributed by atoms with E-state index < -0.39 is 0 Å². The number of aryl methyl sites for hydroxylation is 2. The first-order chi connectivity index (χ1) is 12.2. The highest BCUT2D eigenvalue weighted by Gasteiger charge is 2.25.